The normalized spacial score (nSPS) is 15.7. The Labute approximate surface area is 106 Å². The van der Waals surface area contributed by atoms with E-state index in [1.165, 1.54) is 6.92 Å². The molecule has 0 radical (unpaired) electrons. The second-order valence-corrected chi connectivity index (χ2v) is 4.45. The summed E-state index contributed by atoms with van der Waals surface area (Å²) in [4.78, 5) is 30.6. The average Bonchev–Trinajstić information content (AvgIpc) is 2.39. The van der Waals surface area contributed by atoms with E-state index in [1.54, 1.807) is 19.2 Å². The van der Waals surface area contributed by atoms with Crippen molar-refractivity contribution in [2.45, 2.75) is 13.8 Å². The van der Waals surface area contributed by atoms with E-state index in [0.717, 1.165) is 32.0 Å². The molecule has 96 valence electrons. The molecule has 1 aromatic rings. The summed E-state index contributed by atoms with van der Waals surface area (Å²) in [5, 5.41) is 0. The fraction of sp³-hybridized carbons (Fsp3) is 0.462. The number of aromatic nitrogens is 1. The highest BCUT2D eigenvalue weighted by Crippen LogP contribution is 2.14. The standard InChI is InChI=1S/C13H17N3O2/c1-10(17)12-3-4-13(14-9-12)16-7-5-15(6-8-16)11(2)18/h3-4,9H,5-8H2,1-2H3. The number of hydrogen-bond acceptors (Lipinski definition) is 4. The van der Waals surface area contributed by atoms with Crippen molar-refractivity contribution >= 4 is 17.5 Å². The maximum atomic E-state index is 11.2. The third kappa shape index (κ3) is 2.67. The summed E-state index contributed by atoms with van der Waals surface area (Å²) in [5.74, 6) is 1.01. The SMILES string of the molecule is CC(=O)c1ccc(N2CCN(C(C)=O)CC2)nc1. The first-order chi connectivity index (χ1) is 8.58. The van der Waals surface area contributed by atoms with Crippen LogP contribution in [0.3, 0.4) is 0 Å². The number of ketones is 1. The van der Waals surface area contributed by atoms with Gasteiger partial charge >= 0.3 is 0 Å². The first kappa shape index (κ1) is 12.5. The van der Waals surface area contributed by atoms with E-state index in [1.807, 2.05) is 11.0 Å². The number of carbonyl (C=O) groups excluding carboxylic acids is 2. The molecule has 0 N–H and O–H groups in total. The molecule has 0 atom stereocenters. The summed E-state index contributed by atoms with van der Waals surface area (Å²) >= 11 is 0. The molecule has 2 rings (SSSR count). The van der Waals surface area contributed by atoms with Crippen molar-refractivity contribution in [3.63, 3.8) is 0 Å². The molecule has 2 heterocycles. The van der Waals surface area contributed by atoms with Crippen LogP contribution in [0, 0.1) is 0 Å². The van der Waals surface area contributed by atoms with Gasteiger partial charge in [-0.15, -0.1) is 0 Å². The average molecular weight is 247 g/mol. The van der Waals surface area contributed by atoms with Crippen LogP contribution >= 0.6 is 0 Å². The predicted octanol–water partition coefficient (Wildman–Crippen LogP) is 0.953. The molecule has 5 heteroatoms. The number of amides is 1. The summed E-state index contributed by atoms with van der Waals surface area (Å²) in [7, 11) is 0. The van der Waals surface area contributed by atoms with Gasteiger partial charge in [0.25, 0.3) is 0 Å². The number of piperazine rings is 1. The quantitative estimate of drug-likeness (QED) is 0.730. The van der Waals surface area contributed by atoms with Gasteiger partial charge in [0.2, 0.25) is 5.91 Å². The fourth-order valence-electron chi connectivity index (χ4n) is 2.03. The summed E-state index contributed by atoms with van der Waals surface area (Å²) in [6.45, 7) is 6.15. The molecule has 0 saturated carbocycles. The van der Waals surface area contributed by atoms with Crippen LogP contribution in [0.15, 0.2) is 18.3 Å². The lowest BCUT2D eigenvalue weighted by Crippen LogP contribution is -2.48. The summed E-state index contributed by atoms with van der Waals surface area (Å²) < 4.78 is 0. The van der Waals surface area contributed by atoms with Crippen molar-refractivity contribution in [3.05, 3.63) is 23.9 Å². The summed E-state index contributed by atoms with van der Waals surface area (Å²) in [6.07, 6.45) is 1.61. The smallest absolute Gasteiger partial charge is 0.219 e. The van der Waals surface area contributed by atoms with Crippen LogP contribution in [0.5, 0.6) is 0 Å². The van der Waals surface area contributed by atoms with Crippen LogP contribution < -0.4 is 4.90 Å². The van der Waals surface area contributed by atoms with E-state index in [2.05, 4.69) is 9.88 Å². The van der Waals surface area contributed by atoms with Gasteiger partial charge in [0.1, 0.15) is 5.82 Å². The topological polar surface area (TPSA) is 53.5 Å². The monoisotopic (exact) mass is 247 g/mol. The molecule has 1 fully saturated rings. The Hall–Kier alpha value is -1.91. The minimum atomic E-state index is 0.0236. The summed E-state index contributed by atoms with van der Waals surface area (Å²) in [5.41, 5.74) is 0.626. The molecular formula is C13H17N3O2. The van der Waals surface area contributed by atoms with E-state index < -0.39 is 0 Å². The van der Waals surface area contributed by atoms with Crippen LogP contribution in [0.2, 0.25) is 0 Å². The Kier molecular flexibility index (Phi) is 3.60. The zero-order valence-electron chi connectivity index (χ0n) is 10.7. The highest BCUT2D eigenvalue weighted by Gasteiger charge is 2.19. The Bertz CT molecular complexity index is 448. The number of carbonyl (C=O) groups is 2. The molecule has 1 aliphatic heterocycles. The number of pyridine rings is 1. The number of anilines is 1. The van der Waals surface area contributed by atoms with Crippen LogP contribution in [0.4, 0.5) is 5.82 Å². The zero-order valence-corrected chi connectivity index (χ0v) is 10.7. The molecule has 5 nitrogen and oxygen atoms in total. The van der Waals surface area contributed by atoms with E-state index >= 15 is 0 Å². The molecule has 1 aromatic heterocycles. The van der Waals surface area contributed by atoms with Gasteiger partial charge in [-0.1, -0.05) is 0 Å². The molecule has 18 heavy (non-hydrogen) atoms. The van der Waals surface area contributed by atoms with E-state index in [-0.39, 0.29) is 11.7 Å². The lowest BCUT2D eigenvalue weighted by Gasteiger charge is -2.34. The first-order valence-corrected chi connectivity index (χ1v) is 6.05. The van der Waals surface area contributed by atoms with Gasteiger partial charge in [0, 0.05) is 44.9 Å². The molecular weight excluding hydrogens is 230 g/mol. The molecule has 0 aromatic carbocycles. The van der Waals surface area contributed by atoms with Gasteiger partial charge in [-0.25, -0.2) is 4.98 Å². The lowest BCUT2D eigenvalue weighted by atomic mass is 10.2. The van der Waals surface area contributed by atoms with Crippen molar-refractivity contribution in [2.75, 3.05) is 31.1 Å². The van der Waals surface area contributed by atoms with Crippen LogP contribution in [-0.4, -0.2) is 47.8 Å². The Morgan fingerprint density at radius 3 is 2.22 bits per heavy atom. The van der Waals surface area contributed by atoms with Gasteiger partial charge < -0.3 is 9.80 Å². The molecule has 1 amide bonds. The van der Waals surface area contributed by atoms with Crippen molar-refractivity contribution < 1.29 is 9.59 Å². The predicted molar refractivity (Wildman–Crippen MR) is 68.7 cm³/mol. The zero-order chi connectivity index (χ0) is 13.1. The third-order valence-corrected chi connectivity index (χ3v) is 3.20. The lowest BCUT2D eigenvalue weighted by molar-refractivity contribution is -0.129. The Balaban J connectivity index is 2.01. The van der Waals surface area contributed by atoms with Crippen molar-refractivity contribution in [2.24, 2.45) is 0 Å². The largest absolute Gasteiger partial charge is 0.353 e. The minimum absolute atomic E-state index is 0.0236. The van der Waals surface area contributed by atoms with Gasteiger partial charge in [0.15, 0.2) is 5.78 Å². The number of hydrogen-bond donors (Lipinski definition) is 0. The molecule has 0 aliphatic carbocycles. The first-order valence-electron chi connectivity index (χ1n) is 6.05. The van der Waals surface area contributed by atoms with Crippen LogP contribution in [0.25, 0.3) is 0 Å². The Morgan fingerprint density at radius 1 is 1.11 bits per heavy atom. The summed E-state index contributed by atoms with van der Waals surface area (Å²) in [6, 6.07) is 3.65. The van der Waals surface area contributed by atoms with Crippen molar-refractivity contribution in [1.29, 1.82) is 0 Å². The minimum Gasteiger partial charge on any atom is -0.353 e. The molecule has 1 saturated heterocycles. The van der Waals surface area contributed by atoms with Crippen LogP contribution in [0.1, 0.15) is 24.2 Å². The third-order valence-electron chi connectivity index (χ3n) is 3.20. The fourth-order valence-corrected chi connectivity index (χ4v) is 2.03. The van der Waals surface area contributed by atoms with Crippen LogP contribution in [-0.2, 0) is 4.79 Å². The van der Waals surface area contributed by atoms with Gasteiger partial charge in [-0.2, -0.15) is 0 Å². The van der Waals surface area contributed by atoms with E-state index in [0.29, 0.717) is 5.56 Å². The highest BCUT2D eigenvalue weighted by molar-refractivity contribution is 5.93. The molecule has 0 bridgehead atoms. The van der Waals surface area contributed by atoms with Crippen molar-refractivity contribution in [1.82, 2.24) is 9.88 Å². The molecule has 0 unspecified atom stereocenters. The van der Waals surface area contributed by atoms with E-state index in [9.17, 15) is 9.59 Å². The van der Waals surface area contributed by atoms with Gasteiger partial charge in [-0.3, -0.25) is 9.59 Å². The van der Waals surface area contributed by atoms with Gasteiger partial charge in [0.05, 0.1) is 0 Å². The molecule has 0 spiro atoms. The number of rotatable bonds is 2. The second-order valence-electron chi connectivity index (χ2n) is 4.45. The second kappa shape index (κ2) is 5.16. The number of nitrogens with zero attached hydrogens (tertiary/aromatic N) is 3. The highest BCUT2D eigenvalue weighted by atomic mass is 16.2. The maximum Gasteiger partial charge on any atom is 0.219 e. The number of Topliss-reactive ketones (excluding diaryl/α,β-unsaturated/α-hetero) is 1. The van der Waals surface area contributed by atoms with Crippen molar-refractivity contribution in [3.8, 4) is 0 Å². The van der Waals surface area contributed by atoms with E-state index in [4.69, 9.17) is 0 Å². The molecule has 1 aliphatic rings. The Morgan fingerprint density at radius 2 is 1.78 bits per heavy atom. The maximum absolute atomic E-state index is 11.2. The van der Waals surface area contributed by atoms with Gasteiger partial charge in [-0.05, 0) is 19.1 Å².